The van der Waals surface area contributed by atoms with Crippen LogP contribution in [0.25, 0.3) is 48.0 Å². The van der Waals surface area contributed by atoms with Crippen LogP contribution < -0.4 is 4.74 Å². The molecule has 0 N–H and O–H groups in total. The van der Waals surface area contributed by atoms with Crippen LogP contribution in [0.3, 0.4) is 0 Å². The number of hydrogen-bond donors (Lipinski definition) is 0. The molecule has 0 radical (unpaired) electrons. The van der Waals surface area contributed by atoms with Gasteiger partial charge in [-0.15, -0.1) is 11.3 Å². The molecule has 8 aromatic rings. The van der Waals surface area contributed by atoms with Crippen molar-refractivity contribution in [1.82, 2.24) is 9.97 Å². The summed E-state index contributed by atoms with van der Waals surface area (Å²) in [6.45, 7) is 0. The fourth-order valence-electron chi connectivity index (χ4n) is 8.68. The van der Waals surface area contributed by atoms with E-state index in [-0.39, 0.29) is 5.92 Å². The first-order chi connectivity index (χ1) is 24.3. The monoisotopic (exact) mass is 644 g/mol. The molecule has 49 heavy (non-hydrogen) atoms. The van der Waals surface area contributed by atoms with E-state index in [4.69, 9.17) is 14.7 Å². The molecule has 3 heterocycles. The first kappa shape index (κ1) is 27.1. The molecule has 0 amide bonds. The van der Waals surface area contributed by atoms with Crippen LogP contribution in [-0.4, -0.2) is 9.97 Å². The molecule has 1 atom stereocenters. The maximum Gasteiger partial charge on any atom is 0.160 e. The zero-order valence-electron chi connectivity index (χ0n) is 26.4. The van der Waals surface area contributed by atoms with E-state index in [9.17, 15) is 0 Å². The molecule has 3 aliphatic rings. The molecule has 0 saturated carbocycles. The first-order valence-corrected chi connectivity index (χ1v) is 17.7. The number of rotatable bonds is 2. The second-order valence-electron chi connectivity index (χ2n) is 13.2. The Morgan fingerprint density at radius 2 is 1.33 bits per heavy atom. The molecule has 1 unspecified atom stereocenters. The summed E-state index contributed by atoms with van der Waals surface area (Å²) in [6, 6.07) is 49.9. The topological polar surface area (TPSA) is 35.0 Å². The van der Waals surface area contributed by atoms with Crippen molar-refractivity contribution in [2.24, 2.45) is 0 Å². The van der Waals surface area contributed by atoms with Crippen LogP contribution in [0.2, 0.25) is 0 Å². The molecule has 0 fully saturated rings. The van der Waals surface area contributed by atoms with Gasteiger partial charge in [0.05, 0.1) is 21.3 Å². The van der Waals surface area contributed by atoms with Crippen LogP contribution in [0.15, 0.2) is 157 Å². The second-order valence-corrected chi connectivity index (χ2v) is 14.2. The number of para-hydroxylation sites is 2. The number of allylic oxidation sites excluding steroid dienone is 4. The van der Waals surface area contributed by atoms with E-state index in [0.29, 0.717) is 0 Å². The molecule has 4 heteroatoms. The summed E-state index contributed by atoms with van der Waals surface area (Å²) < 4.78 is 9.06. The van der Waals surface area contributed by atoms with Crippen LogP contribution in [-0.2, 0) is 5.41 Å². The molecule has 11 rings (SSSR count). The van der Waals surface area contributed by atoms with Crippen molar-refractivity contribution in [1.29, 1.82) is 0 Å². The lowest BCUT2D eigenvalue weighted by atomic mass is 9.64. The normalized spacial score (nSPS) is 16.9. The van der Waals surface area contributed by atoms with E-state index in [0.717, 1.165) is 40.5 Å². The van der Waals surface area contributed by atoms with Gasteiger partial charge in [-0.25, -0.2) is 9.97 Å². The van der Waals surface area contributed by atoms with Gasteiger partial charge in [-0.05, 0) is 69.8 Å². The maximum absolute atomic E-state index is 6.65. The standard InChI is InChI=1S/C45H28N2OS/c1-2-13-27(14-3-1)44-46-41-30-17-6-11-24-39(30)49-43(41)42(47-44)31-18-12-21-35-40(31)32-25-28-15-4-5-16-29(28)26-36(32)45(35)33-19-7-9-22-37(33)48-38-23-10-8-20-34(38)45/h1-17,19-26,31H,18H2. The van der Waals surface area contributed by atoms with Crippen LogP contribution in [0, 0.1) is 0 Å². The number of aromatic nitrogens is 2. The largest absolute Gasteiger partial charge is 0.457 e. The Labute approximate surface area is 287 Å². The van der Waals surface area contributed by atoms with Gasteiger partial charge < -0.3 is 4.74 Å². The van der Waals surface area contributed by atoms with Gasteiger partial charge in [0.25, 0.3) is 0 Å². The highest BCUT2D eigenvalue weighted by Gasteiger charge is 2.53. The number of hydrogen-bond acceptors (Lipinski definition) is 4. The minimum Gasteiger partial charge on any atom is -0.457 e. The summed E-state index contributed by atoms with van der Waals surface area (Å²) in [7, 11) is 0. The number of benzene rings is 6. The first-order valence-electron chi connectivity index (χ1n) is 16.9. The van der Waals surface area contributed by atoms with Gasteiger partial charge >= 0.3 is 0 Å². The Hall–Kier alpha value is -5.84. The molecule has 0 saturated heterocycles. The second kappa shape index (κ2) is 10.1. The van der Waals surface area contributed by atoms with Crippen molar-refractivity contribution in [2.45, 2.75) is 17.8 Å². The Kier molecular flexibility index (Phi) is 5.59. The molecule has 230 valence electrons. The Bertz CT molecular complexity index is 2690. The fraction of sp³-hybridized carbons (Fsp3) is 0.0667. The molecule has 1 aliphatic heterocycles. The lowest BCUT2D eigenvalue weighted by molar-refractivity contribution is 0.435. The summed E-state index contributed by atoms with van der Waals surface area (Å²) >= 11 is 1.82. The third-order valence-corrected chi connectivity index (χ3v) is 11.9. The Morgan fingerprint density at radius 3 is 2.12 bits per heavy atom. The highest BCUT2D eigenvalue weighted by Crippen LogP contribution is 2.65. The van der Waals surface area contributed by atoms with E-state index in [1.807, 2.05) is 11.3 Å². The minimum absolute atomic E-state index is 0.0301. The molecular weight excluding hydrogens is 617 g/mol. The lowest BCUT2D eigenvalue weighted by Gasteiger charge is -2.40. The van der Waals surface area contributed by atoms with E-state index in [1.54, 1.807) is 0 Å². The molecule has 3 nitrogen and oxygen atoms in total. The smallest absolute Gasteiger partial charge is 0.160 e. The predicted octanol–water partition coefficient (Wildman–Crippen LogP) is 11.6. The average Bonchev–Trinajstić information content (AvgIpc) is 3.68. The van der Waals surface area contributed by atoms with Crippen molar-refractivity contribution in [2.75, 3.05) is 0 Å². The van der Waals surface area contributed by atoms with Gasteiger partial charge in [0.2, 0.25) is 0 Å². The number of ether oxygens (including phenoxy) is 1. The van der Waals surface area contributed by atoms with E-state index < -0.39 is 5.41 Å². The molecule has 0 bridgehead atoms. The third-order valence-electron chi connectivity index (χ3n) is 10.7. The lowest BCUT2D eigenvalue weighted by Crippen LogP contribution is -2.33. The van der Waals surface area contributed by atoms with Gasteiger partial charge in [0.1, 0.15) is 11.5 Å². The van der Waals surface area contributed by atoms with E-state index >= 15 is 0 Å². The summed E-state index contributed by atoms with van der Waals surface area (Å²) in [6.07, 6.45) is 5.63. The predicted molar refractivity (Wildman–Crippen MR) is 201 cm³/mol. The van der Waals surface area contributed by atoms with Crippen molar-refractivity contribution < 1.29 is 4.74 Å². The van der Waals surface area contributed by atoms with Gasteiger partial charge in [-0.3, -0.25) is 0 Å². The van der Waals surface area contributed by atoms with Crippen LogP contribution in [0.4, 0.5) is 0 Å². The number of thiophene rings is 1. The average molecular weight is 645 g/mol. The molecular formula is C45H28N2OS. The molecule has 6 aromatic carbocycles. The number of fused-ring (bicyclic) bond motifs is 12. The molecule has 2 aliphatic carbocycles. The van der Waals surface area contributed by atoms with Gasteiger partial charge in [-0.1, -0.05) is 121 Å². The van der Waals surface area contributed by atoms with Crippen molar-refractivity contribution >= 4 is 48.0 Å². The van der Waals surface area contributed by atoms with Crippen molar-refractivity contribution in [3.8, 4) is 22.9 Å². The zero-order valence-corrected chi connectivity index (χ0v) is 27.2. The van der Waals surface area contributed by atoms with Crippen molar-refractivity contribution in [3.63, 3.8) is 0 Å². The third kappa shape index (κ3) is 3.67. The Balaban J connectivity index is 1.28. The quantitative estimate of drug-likeness (QED) is 0.188. The SMILES string of the molecule is C1=CC2=C(c3cc4ccccc4cc3C23c2ccccc2Oc2ccccc23)C(c2nc(-c3ccccc3)nc3c2sc2ccccc23)C1. The van der Waals surface area contributed by atoms with E-state index in [1.165, 1.54) is 59.0 Å². The zero-order chi connectivity index (χ0) is 32.1. The molecule has 2 aromatic heterocycles. The maximum atomic E-state index is 6.65. The minimum atomic E-state index is -0.538. The van der Waals surface area contributed by atoms with Crippen LogP contribution in [0.1, 0.15) is 40.3 Å². The van der Waals surface area contributed by atoms with Crippen LogP contribution >= 0.6 is 11.3 Å². The summed E-state index contributed by atoms with van der Waals surface area (Å²) in [5.41, 5.74) is 10.3. The number of nitrogens with zero attached hydrogens (tertiary/aromatic N) is 2. The highest BCUT2D eigenvalue weighted by atomic mass is 32.1. The van der Waals surface area contributed by atoms with Gasteiger partial charge in [-0.2, -0.15) is 0 Å². The summed E-state index contributed by atoms with van der Waals surface area (Å²) in [4.78, 5) is 10.8. The van der Waals surface area contributed by atoms with Crippen molar-refractivity contribution in [3.05, 3.63) is 185 Å². The highest BCUT2D eigenvalue weighted by molar-refractivity contribution is 7.25. The van der Waals surface area contributed by atoms with Gasteiger partial charge in [0.15, 0.2) is 5.82 Å². The summed E-state index contributed by atoms with van der Waals surface area (Å²) in [5, 5.41) is 3.67. The van der Waals surface area contributed by atoms with Crippen LogP contribution in [0.5, 0.6) is 11.5 Å². The van der Waals surface area contributed by atoms with E-state index in [2.05, 4.69) is 152 Å². The molecule has 1 spiro atoms. The summed E-state index contributed by atoms with van der Waals surface area (Å²) in [5.74, 6) is 2.62. The Morgan fingerprint density at radius 1 is 0.653 bits per heavy atom. The fourth-order valence-corrected chi connectivity index (χ4v) is 9.87. The van der Waals surface area contributed by atoms with Gasteiger partial charge in [0, 0.05) is 32.7 Å².